The van der Waals surface area contributed by atoms with Crippen LogP contribution in [0.2, 0.25) is 0 Å². The van der Waals surface area contributed by atoms with Gasteiger partial charge in [0.1, 0.15) is 17.7 Å². The summed E-state index contributed by atoms with van der Waals surface area (Å²) in [4.78, 5) is 10.3. The highest BCUT2D eigenvalue weighted by atomic mass is 35.5. The highest BCUT2D eigenvalue weighted by Gasteiger charge is 2.55. The molecule has 22 heavy (non-hydrogen) atoms. The number of halogens is 1. The molecule has 0 saturated carbocycles. The maximum absolute atomic E-state index is 10.4. The predicted octanol–water partition coefficient (Wildman–Crippen LogP) is -0.340. The second-order valence-electron chi connectivity index (χ2n) is 4.71. The lowest BCUT2D eigenvalue weighted by molar-refractivity contribution is -0.0436. The molecule has 3 heterocycles. The summed E-state index contributed by atoms with van der Waals surface area (Å²) in [5.41, 5.74) is 6.27. The Bertz CT molecular complexity index is 845. The van der Waals surface area contributed by atoms with Crippen LogP contribution in [-0.4, -0.2) is 53.4 Å². The SMILES string of the molecule is [2H]C([2H])(O)[C@H]1O[C@@H](n2cnc3cnc(N)nc32)C(Cl)(C#CC)[C@H]1O. The average Bonchev–Trinajstić information content (AvgIpc) is 2.99. The molecule has 8 nitrogen and oxygen atoms in total. The van der Waals surface area contributed by atoms with Crippen LogP contribution in [0.15, 0.2) is 12.5 Å². The van der Waals surface area contributed by atoms with E-state index in [9.17, 15) is 10.2 Å². The van der Waals surface area contributed by atoms with Gasteiger partial charge in [-0.15, -0.1) is 5.92 Å². The molecule has 0 aromatic carbocycles. The van der Waals surface area contributed by atoms with Crippen LogP contribution in [0, 0.1) is 11.8 Å². The van der Waals surface area contributed by atoms with Crippen LogP contribution >= 0.6 is 11.6 Å². The van der Waals surface area contributed by atoms with Crippen LogP contribution in [0.25, 0.3) is 11.2 Å². The van der Waals surface area contributed by atoms with E-state index in [0.29, 0.717) is 5.52 Å². The number of ether oxygens (including phenoxy) is 1. The Balaban J connectivity index is 2.16. The van der Waals surface area contributed by atoms with E-state index in [1.807, 2.05) is 0 Å². The molecule has 9 heteroatoms. The third-order valence-electron chi connectivity index (χ3n) is 3.38. The van der Waals surface area contributed by atoms with Gasteiger partial charge in [0.2, 0.25) is 5.95 Å². The van der Waals surface area contributed by atoms with E-state index in [4.69, 9.17) is 24.8 Å². The average molecular weight is 326 g/mol. The number of aromatic nitrogens is 4. The largest absolute Gasteiger partial charge is 0.394 e. The number of fused-ring (bicyclic) bond motifs is 1. The highest BCUT2D eigenvalue weighted by molar-refractivity contribution is 6.27. The Labute approximate surface area is 133 Å². The van der Waals surface area contributed by atoms with E-state index in [0.717, 1.165) is 0 Å². The van der Waals surface area contributed by atoms with Gasteiger partial charge in [-0.2, -0.15) is 4.98 Å². The number of nitrogens with zero attached hydrogens (tertiary/aromatic N) is 4. The van der Waals surface area contributed by atoms with Crippen LogP contribution < -0.4 is 5.73 Å². The third kappa shape index (κ3) is 2.10. The normalized spacial score (nSPS) is 33.2. The molecule has 116 valence electrons. The van der Waals surface area contributed by atoms with E-state index in [1.165, 1.54) is 24.0 Å². The van der Waals surface area contributed by atoms with Crippen molar-refractivity contribution in [2.75, 3.05) is 12.3 Å². The number of hydrogen-bond donors (Lipinski definition) is 3. The summed E-state index contributed by atoms with van der Waals surface area (Å²) in [5.74, 6) is 5.22. The molecule has 4 atom stereocenters. The molecular weight excluding hydrogens is 310 g/mol. The van der Waals surface area contributed by atoms with Gasteiger partial charge in [-0.3, -0.25) is 4.57 Å². The van der Waals surface area contributed by atoms with Crippen molar-refractivity contribution in [3.8, 4) is 11.8 Å². The summed E-state index contributed by atoms with van der Waals surface area (Å²) >= 11 is 6.47. The number of imidazole rings is 1. The molecule has 0 spiro atoms. The van der Waals surface area contributed by atoms with Crippen LogP contribution in [0.5, 0.6) is 0 Å². The minimum Gasteiger partial charge on any atom is -0.394 e. The molecule has 1 aliphatic heterocycles. The number of nitrogen functional groups attached to an aromatic ring is 1. The fourth-order valence-corrected chi connectivity index (χ4v) is 2.75. The van der Waals surface area contributed by atoms with Crippen molar-refractivity contribution in [1.82, 2.24) is 19.5 Å². The molecule has 0 radical (unpaired) electrons. The van der Waals surface area contributed by atoms with Crippen LogP contribution in [0.1, 0.15) is 15.9 Å². The standard InChI is InChI=1S/C13H14ClN5O3/c1-2-3-13(14)9(21)8(5-20)22-11(13)19-6-17-7-4-16-12(15)18-10(7)19/h4,6,8-9,11,20-21H,5H2,1H3,(H2,15,16,18)/t8-,9+,11-,13?/m1/s1/i5D2. The van der Waals surface area contributed by atoms with Gasteiger partial charge in [-0.25, -0.2) is 9.97 Å². The van der Waals surface area contributed by atoms with Crippen molar-refractivity contribution in [1.29, 1.82) is 0 Å². The third-order valence-corrected chi connectivity index (χ3v) is 3.89. The van der Waals surface area contributed by atoms with Gasteiger partial charge in [0.05, 0.1) is 21.8 Å². The van der Waals surface area contributed by atoms with E-state index >= 15 is 0 Å². The van der Waals surface area contributed by atoms with Crippen molar-refractivity contribution in [3.63, 3.8) is 0 Å². The van der Waals surface area contributed by atoms with E-state index in [1.54, 1.807) is 0 Å². The lowest BCUT2D eigenvalue weighted by Gasteiger charge is -2.25. The Kier molecular flexibility index (Phi) is 3.08. The molecule has 3 rings (SSSR count). The van der Waals surface area contributed by atoms with Crippen molar-refractivity contribution < 1.29 is 17.7 Å². The molecule has 1 unspecified atom stereocenters. The first kappa shape index (κ1) is 12.6. The zero-order valence-electron chi connectivity index (χ0n) is 13.4. The zero-order chi connectivity index (χ0) is 17.7. The molecule has 4 N–H and O–H groups in total. The Morgan fingerprint density at radius 1 is 1.64 bits per heavy atom. The zero-order valence-corrected chi connectivity index (χ0v) is 12.2. The lowest BCUT2D eigenvalue weighted by Crippen LogP contribution is -2.41. The summed E-state index contributed by atoms with van der Waals surface area (Å²) in [5, 5.41) is 20.1. The van der Waals surface area contributed by atoms with Crippen molar-refractivity contribution in [2.45, 2.75) is 30.2 Å². The first-order valence-electron chi connectivity index (χ1n) is 7.32. The topological polar surface area (TPSA) is 119 Å². The second kappa shape index (κ2) is 5.37. The summed E-state index contributed by atoms with van der Waals surface area (Å²) in [7, 11) is 0. The van der Waals surface area contributed by atoms with E-state index < -0.39 is 29.9 Å². The molecule has 2 aromatic heterocycles. The minimum absolute atomic E-state index is 0.00131. The Hall–Kier alpha value is -1.92. The van der Waals surface area contributed by atoms with Gasteiger partial charge in [-0.05, 0) is 6.92 Å². The van der Waals surface area contributed by atoms with E-state index in [-0.39, 0.29) is 11.6 Å². The first-order chi connectivity index (χ1) is 11.2. The minimum atomic E-state index is -2.83. The van der Waals surface area contributed by atoms with Crippen LogP contribution in [0.3, 0.4) is 0 Å². The number of anilines is 1. The number of nitrogens with two attached hydrogens (primary N) is 1. The summed E-state index contributed by atoms with van der Waals surface area (Å²) < 4.78 is 21.8. The highest BCUT2D eigenvalue weighted by Crippen LogP contribution is 2.44. The molecule has 1 saturated heterocycles. The van der Waals surface area contributed by atoms with Crippen molar-refractivity contribution >= 4 is 28.7 Å². The maximum Gasteiger partial charge on any atom is 0.222 e. The smallest absolute Gasteiger partial charge is 0.222 e. The summed E-state index contributed by atoms with van der Waals surface area (Å²) in [6.45, 7) is -1.31. The summed E-state index contributed by atoms with van der Waals surface area (Å²) in [6, 6.07) is 0. The number of hydrogen-bond acceptors (Lipinski definition) is 7. The number of aliphatic hydroxyl groups excluding tert-OH is 1. The molecule has 0 aliphatic carbocycles. The van der Waals surface area contributed by atoms with E-state index in [2.05, 4.69) is 26.8 Å². The lowest BCUT2D eigenvalue weighted by atomic mass is 9.99. The van der Waals surface area contributed by atoms with Crippen LogP contribution in [-0.2, 0) is 4.74 Å². The van der Waals surface area contributed by atoms with Crippen LogP contribution in [0.4, 0.5) is 5.95 Å². The Morgan fingerprint density at radius 3 is 3.09 bits per heavy atom. The monoisotopic (exact) mass is 325 g/mol. The van der Waals surface area contributed by atoms with Gasteiger partial charge in [0.15, 0.2) is 16.7 Å². The number of rotatable bonds is 2. The predicted molar refractivity (Wildman–Crippen MR) is 78.8 cm³/mol. The molecule has 0 bridgehead atoms. The maximum atomic E-state index is 10.4. The number of aliphatic hydroxyl groups is 2. The second-order valence-corrected chi connectivity index (χ2v) is 5.34. The fourth-order valence-electron chi connectivity index (χ4n) is 2.39. The molecule has 2 aromatic rings. The molecule has 1 fully saturated rings. The Morgan fingerprint density at radius 2 is 2.41 bits per heavy atom. The molecular formula is C13H14ClN5O3. The quantitative estimate of drug-likeness (QED) is 0.510. The summed E-state index contributed by atoms with van der Waals surface area (Å²) in [6.07, 6.45) is -1.62. The van der Waals surface area contributed by atoms with Crippen molar-refractivity contribution in [3.05, 3.63) is 12.5 Å². The first-order valence-corrected chi connectivity index (χ1v) is 6.70. The van der Waals surface area contributed by atoms with Crippen molar-refractivity contribution in [2.24, 2.45) is 0 Å². The van der Waals surface area contributed by atoms with Gasteiger partial charge in [0.25, 0.3) is 0 Å². The van der Waals surface area contributed by atoms with Gasteiger partial charge in [0, 0.05) is 0 Å². The molecule has 0 amide bonds. The number of alkyl halides is 1. The van der Waals surface area contributed by atoms with Gasteiger partial charge < -0.3 is 20.7 Å². The van der Waals surface area contributed by atoms with Gasteiger partial charge >= 0.3 is 0 Å². The fraction of sp³-hybridized carbons (Fsp3) is 0.462. The molecule has 1 aliphatic rings. The van der Waals surface area contributed by atoms with Gasteiger partial charge in [-0.1, -0.05) is 17.5 Å².